The molecule has 2 aromatic heterocycles. The minimum Gasteiger partial charge on any atom is -0.396 e. The number of nitrogen functional groups attached to an aromatic ring is 2. The van der Waals surface area contributed by atoms with Gasteiger partial charge in [-0.2, -0.15) is 0 Å². The van der Waals surface area contributed by atoms with Crippen LogP contribution in [-0.2, 0) is 0 Å². The van der Waals surface area contributed by atoms with E-state index in [9.17, 15) is 0 Å². The van der Waals surface area contributed by atoms with E-state index in [0.29, 0.717) is 11.4 Å². The van der Waals surface area contributed by atoms with Gasteiger partial charge in [-0.1, -0.05) is 5.16 Å². The summed E-state index contributed by atoms with van der Waals surface area (Å²) in [6, 6.07) is 4.02. The van der Waals surface area contributed by atoms with Crippen LogP contribution in [0, 0.1) is 20.8 Å². The van der Waals surface area contributed by atoms with Crippen molar-refractivity contribution in [1.29, 1.82) is 0 Å². The highest BCUT2D eigenvalue weighted by atomic mass is 16.5. The summed E-state index contributed by atoms with van der Waals surface area (Å²) in [5.74, 6) is 0.799. The van der Waals surface area contributed by atoms with Crippen molar-refractivity contribution in [2.75, 3.05) is 11.5 Å². The summed E-state index contributed by atoms with van der Waals surface area (Å²) >= 11 is 0. The Kier molecular flexibility index (Phi) is 2.64. The number of aryl methyl sites for hydroxylation is 3. The molecule has 5 nitrogen and oxygen atoms in total. The minimum atomic E-state index is 0.502. The van der Waals surface area contributed by atoms with E-state index < -0.39 is 0 Å². The Bertz CT molecular complexity index is 801. The first-order chi connectivity index (χ1) is 9.49. The largest absolute Gasteiger partial charge is 0.396 e. The highest BCUT2D eigenvalue weighted by Crippen LogP contribution is 2.34. The normalized spacial score (nSPS) is 11.2. The predicted octanol–water partition coefficient (Wildman–Crippen LogP) is 2.98. The lowest BCUT2D eigenvalue weighted by molar-refractivity contribution is 0.393. The molecule has 0 saturated heterocycles. The van der Waals surface area contributed by atoms with Gasteiger partial charge in [-0.3, -0.25) is 4.98 Å². The Hall–Kier alpha value is -2.56. The van der Waals surface area contributed by atoms with E-state index in [4.69, 9.17) is 16.0 Å². The van der Waals surface area contributed by atoms with Crippen molar-refractivity contribution in [3.8, 4) is 11.1 Å². The zero-order valence-electron chi connectivity index (χ0n) is 11.7. The molecule has 2 heterocycles. The number of hydrogen-bond donors (Lipinski definition) is 2. The summed E-state index contributed by atoms with van der Waals surface area (Å²) < 4.78 is 5.24. The molecule has 5 heteroatoms. The molecule has 0 amide bonds. The summed E-state index contributed by atoms with van der Waals surface area (Å²) in [7, 11) is 0. The van der Waals surface area contributed by atoms with Crippen molar-refractivity contribution < 1.29 is 4.52 Å². The molecule has 0 aliphatic heterocycles. The topological polar surface area (TPSA) is 91.0 Å². The van der Waals surface area contributed by atoms with E-state index in [-0.39, 0.29) is 0 Å². The summed E-state index contributed by atoms with van der Waals surface area (Å²) in [5, 5.41) is 4.88. The molecule has 0 unspecified atom stereocenters. The summed E-state index contributed by atoms with van der Waals surface area (Å²) in [5.41, 5.74) is 17.7. The van der Waals surface area contributed by atoms with Crippen LogP contribution in [0.4, 0.5) is 11.4 Å². The number of nitrogens with two attached hydrogens (primary N) is 2. The van der Waals surface area contributed by atoms with Gasteiger partial charge < -0.3 is 16.0 Å². The quantitative estimate of drug-likeness (QED) is 0.708. The van der Waals surface area contributed by atoms with Crippen molar-refractivity contribution in [2.45, 2.75) is 20.8 Å². The van der Waals surface area contributed by atoms with Gasteiger partial charge in [0.25, 0.3) is 0 Å². The van der Waals surface area contributed by atoms with Gasteiger partial charge in [0.1, 0.15) is 5.76 Å². The second-order valence-electron chi connectivity index (χ2n) is 5.01. The number of pyridine rings is 1. The Balaban J connectivity index is 2.34. The monoisotopic (exact) mass is 268 g/mol. The lowest BCUT2D eigenvalue weighted by Gasteiger charge is -2.10. The van der Waals surface area contributed by atoms with E-state index in [1.165, 1.54) is 0 Å². The second kappa shape index (κ2) is 4.23. The lowest BCUT2D eigenvalue weighted by atomic mass is 9.96. The molecule has 0 aliphatic rings. The third-order valence-electron chi connectivity index (χ3n) is 3.59. The van der Waals surface area contributed by atoms with Crippen LogP contribution in [0.1, 0.15) is 17.0 Å². The molecular weight excluding hydrogens is 252 g/mol. The lowest BCUT2D eigenvalue weighted by Crippen LogP contribution is -1.98. The molecule has 20 heavy (non-hydrogen) atoms. The number of benzene rings is 1. The summed E-state index contributed by atoms with van der Waals surface area (Å²) in [4.78, 5) is 4.36. The van der Waals surface area contributed by atoms with E-state index in [1.54, 1.807) is 6.20 Å². The number of aromatic nitrogens is 2. The molecule has 0 aliphatic carbocycles. The third kappa shape index (κ3) is 1.71. The van der Waals surface area contributed by atoms with Gasteiger partial charge in [-0.25, -0.2) is 0 Å². The van der Waals surface area contributed by atoms with Crippen LogP contribution >= 0.6 is 0 Å². The van der Waals surface area contributed by atoms with Crippen molar-refractivity contribution in [3.63, 3.8) is 0 Å². The van der Waals surface area contributed by atoms with E-state index in [2.05, 4.69) is 10.1 Å². The molecular formula is C15H16N4O. The predicted molar refractivity (Wildman–Crippen MR) is 80.3 cm³/mol. The number of hydrogen-bond acceptors (Lipinski definition) is 5. The van der Waals surface area contributed by atoms with Crippen LogP contribution in [0.2, 0.25) is 0 Å². The maximum Gasteiger partial charge on any atom is 0.141 e. The van der Waals surface area contributed by atoms with E-state index in [0.717, 1.165) is 39.0 Å². The number of fused-ring (bicyclic) bond motifs is 1. The molecule has 1 aromatic carbocycles. The van der Waals surface area contributed by atoms with Crippen LogP contribution in [0.3, 0.4) is 0 Å². The zero-order valence-corrected chi connectivity index (χ0v) is 11.7. The molecule has 4 N–H and O–H groups in total. The first kappa shape index (κ1) is 12.5. The highest BCUT2D eigenvalue weighted by molar-refractivity contribution is 5.98. The van der Waals surface area contributed by atoms with E-state index in [1.807, 2.05) is 32.9 Å². The first-order valence-electron chi connectivity index (χ1n) is 6.36. The number of rotatable bonds is 1. The minimum absolute atomic E-state index is 0.502. The Labute approximate surface area is 116 Å². The SMILES string of the molecule is Cc1cc2c(N)c(N)cnc2cc1-c1c(C)noc1C. The van der Waals surface area contributed by atoms with Crippen LogP contribution in [0.5, 0.6) is 0 Å². The van der Waals surface area contributed by atoms with Gasteiger partial charge in [0.05, 0.1) is 28.8 Å². The molecule has 0 bridgehead atoms. The maximum absolute atomic E-state index is 6.02. The molecule has 0 radical (unpaired) electrons. The van der Waals surface area contributed by atoms with Gasteiger partial charge in [0.15, 0.2) is 0 Å². The number of anilines is 2. The van der Waals surface area contributed by atoms with Crippen LogP contribution in [-0.4, -0.2) is 10.1 Å². The van der Waals surface area contributed by atoms with Gasteiger partial charge >= 0.3 is 0 Å². The molecule has 0 atom stereocenters. The maximum atomic E-state index is 6.02. The van der Waals surface area contributed by atoms with Crippen molar-refractivity contribution in [2.24, 2.45) is 0 Å². The Morgan fingerprint density at radius 1 is 1.10 bits per heavy atom. The van der Waals surface area contributed by atoms with Crippen LogP contribution < -0.4 is 11.5 Å². The van der Waals surface area contributed by atoms with Crippen LogP contribution in [0.25, 0.3) is 22.0 Å². The summed E-state index contributed by atoms with van der Waals surface area (Å²) in [6.07, 6.45) is 1.59. The first-order valence-corrected chi connectivity index (χ1v) is 6.36. The van der Waals surface area contributed by atoms with Crippen molar-refractivity contribution in [1.82, 2.24) is 10.1 Å². The zero-order chi connectivity index (χ0) is 14.4. The average Bonchev–Trinajstić information content (AvgIpc) is 2.74. The summed E-state index contributed by atoms with van der Waals surface area (Å²) in [6.45, 7) is 5.87. The number of nitrogens with zero attached hydrogens (tertiary/aromatic N) is 2. The Morgan fingerprint density at radius 2 is 1.85 bits per heavy atom. The fourth-order valence-electron chi connectivity index (χ4n) is 2.52. The van der Waals surface area contributed by atoms with Gasteiger partial charge in [0, 0.05) is 10.9 Å². The van der Waals surface area contributed by atoms with Crippen molar-refractivity contribution in [3.05, 3.63) is 35.3 Å². The molecule has 0 spiro atoms. The second-order valence-corrected chi connectivity index (χ2v) is 5.01. The molecule has 102 valence electrons. The molecule has 3 rings (SSSR count). The van der Waals surface area contributed by atoms with E-state index >= 15 is 0 Å². The Morgan fingerprint density at radius 3 is 2.50 bits per heavy atom. The van der Waals surface area contributed by atoms with Crippen LogP contribution in [0.15, 0.2) is 22.9 Å². The van der Waals surface area contributed by atoms with Gasteiger partial charge in [-0.05, 0) is 44.0 Å². The average molecular weight is 268 g/mol. The fraction of sp³-hybridized carbons (Fsp3) is 0.200. The van der Waals surface area contributed by atoms with Crippen molar-refractivity contribution >= 4 is 22.3 Å². The molecule has 0 saturated carbocycles. The third-order valence-corrected chi connectivity index (χ3v) is 3.59. The fourth-order valence-corrected chi connectivity index (χ4v) is 2.52. The van der Waals surface area contributed by atoms with Gasteiger partial charge in [-0.15, -0.1) is 0 Å². The molecule has 0 fully saturated rings. The smallest absolute Gasteiger partial charge is 0.141 e. The standard InChI is InChI=1S/C15H16N4O/c1-7-4-11-13(18-6-12(16)15(11)17)5-10(7)14-8(2)19-20-9(14)3/h4-6H,16H2,1-3H3,(H2,17,18). The van der Waals surface area contributed by atoms with Gasteiger partial charge in [0.2, 0.25) is 0 Å². The highest BCUT2D eigenvalue weighted by Gasteiger charge is 2.15. The molecule has 3 aromatic rings.